The Labute approximate surface area is 181 Å². The quantitative estimate of drug-likeness (QED) is 0.255. The number of ether oxygens (including phenoxy) is 1. The van der Waals surface area contributed by atoms with Gasteiger partial charge in [-0.05, 0) is 54.9 Å². The second-order valence-electron chi connectivity index (χ2n) is 6.14. The number of anilines is 2. The molecule has 2 aromatic carbocycles. The molecule has 0 aliphatic heterocycles. The Morgan fingerprint density at radius 2 is 1.97 bits per heavy atom. The smallest absolute Gasteiger partial charge is 0.236 e. The van der Waals surface area contributed by atoms with E-state index in [2.05, 4.69) is 15.0 Å². The summed E-state index contributed by atoms with van der Waals surface area (Å²) >= 11 is 13.1. The van der Waals surface area contributed by atoms with Gasteiger partial charge in [-0.1, -0.05) is 23.2 Å². The van der Waals surface area contributed by atoms with Crippen LogP contribution in [0.3, 0.4) is 0 Å². The average Bonchev–Trinajstić information content (AvgIpc) is 3.04. The molecule has 7 nitrogen and oxygen atoms in total. The molecule has 0 saturated heterocycles. The van der Waals surface area contributed by atoms with Crippen molar-refractivity contribution >= 4 is 51.3 Å². The predicted octanol–water partition coefficient (Wildman–Crippen LogP) is 4.99. The summed E-state index contributed by atoms with van der Waals surface area (Å²) in [6, 6.07) is 12.0. The summed E-state index contributed by atoms with van der Waals surface area (Å²) < 4.78 is 9.65. The Morgan fingerprint density at radius 3 is 2.66 bits per heavy atom. The molecular formula is C19H18Cl2N4O3S. The second kappa shape index (κ2) is 9.32. The highest BCUT2D eigenvalue weighted by atomic mass is 35.5. The molecule has 29 heavy (non-hydrogen) atoms. The van der Waals surface area contributed by atoms with Gasteiger partial charge >= 0.3 is 0 Å². The summed E-state index contributed by atoms with van der Waals surface area (Å²) in [7, 11) is 0. The van der Waals surface area contributed by atoms with Crippen LogP contribution >= 0.6 is 34.7 Å². The zero-order valence-corrected chi connectivity index (χ0v) is 17.6. The maximum atomic E-state index is 9.97. The van der Waals surface area contributed by atoms with Gasteiger partial charge in [0.15, 0.2) is 0 Å². The van der Waals surface area contributed by atoms with Gasteiger partial charge in [0.1, 0.15) is 27.9 Å². The van der Waals surface area contributed by atoms with Gasteiger partial charge in [-0.2, -0.15) is 4.37 Å². The van der Waals surface area contributed by atoms with Crippen molar-refractivity contribution in [2.75, 3.05) is 11.9 Å². The lowest BCUT2D eigenvalue weighted by atomic mass is 10.2. The van der Waals surface area contributed by atoms with Gasteiger partial charge in [0.2, 0.25) is 5.88 Å². The summed E-state index contributed by atoms with van der Waals surface area (Å²) in [6.07, 6.45) is -0.624. The van der Waals surface area contributed by atoms with Crippen LogP contribution in [0.25, 0.3) is 0 Å². The first-order valence-corrected chi connectivity index (χ1v) is 10.1. The Morgan fingerprint density at radius 1 is 1.24 bits per heavy atom. The Hall–Kier alpha value is -2.52. The molecule has 0 amide bonds. The Balaban J connectivity index is 1.72. The first-order chi connectivity index (χ1) is 13.8. The minimum Gasteiger partial charge on any atom is -0.492 e. The SMILES string of the molecule is C[C@H](O)CNC(=N)c1c(O)nsc1Nc1ccc(Oc2cc(Cl)ccc2Cl)cc1. The van der Waals surface area contributed by atoms with Gasteiger partial charge in [-0.25, -0.2) is 0 Å². The second-order valence-corrected chi connectivity index (χ2v) is 7.76. The summed E-state index contributed by atoms with van der Waals surface area (Å²) in [5, 5.41) is 34.8. The van der Waals surface area contributed by atoms with Crippen LogP contribution in [-0.4, -0.2) is 33.1 Å². The fraction of sp³-hybridized carbons (Fsp3) is 0.158. The zero-order chi connectivity index (χ0) is 21.0. The Kier molecular flexibility index (Phi) is 6.81. The minimum atomic E-state index is -0.624. The minimum absolute atomic E-state index is 0.0322. The van der Waals surface area contributed by atoms with Crippen LogP contribution in [-0.2, 0) is 0 Å². The van der Waals surface area contributed by atoms with E-state index < -0.39 is 6.10 Å². The van der Waals surface area contributed by atoms with Crippen molar-refractivity contribution in [3.05, 3.63) is 58.1 Å². The first kappa shape index (κ1) is 21.2. The molecule has 1 atom stereocenters. The van der Waals surface area contributed by atoms with Crippen LogP contribution < -0.4 is 15.4 Å². The molecular weight excluding hydrogens is 435 g/mol. The molecule has 0 bridgehead atoms. The van der Waals surface area contributed by atoms with E-state index in [1.165, 1.54) is 0 Å². The van der Waals surface area contributed by atoms with E-state index in [-0.39, 0.29) is 23.8 Å². The van der Waals surface area contributed by atoms with Crippen LogP contribution in [0.1, 0.15) is 12.5 Å². The standard InChI is InChI=1S/C19H18Cl2N4O3S/c1-10(26)9-23-17(22)16-18(27)25-29-19(16)24-12-3-5-13(6-4-12)28-15-8-11(20)2-7-14(15)21/h2-8,10,24,26H,9H2,1H3,(H2,22,23)(H,25,27)/t10-/m0/s1. The predicted molar refractivity (Wildman–Crippen MR) is 117 cm³/mol. The number of aromatic nitrogens is 1. The third-order valence-corrected chi connectivity index (χ3v) is 5.03. The third kappa shape index (κ3) is 5.51. The van der Waals surface area contributed by atoms with E-state index >= 15 is 0 Å². The lowest BCUT2D eigenvalue weighted by Gasteiger charge is -2.12. The van der Waals surface area contributed by atoms with Crippen LogP contribution in [0.5, 0.6) is 17.4 Å². The van der Waals surface area contributed by atoms with E-state index in [1.54, 1.807) is 49.4 Å². The van der Waals surface area contributed by atoms with Gasteiger partial charge in [0.25, 0.3) is 0 Å². The van der Waals surface area contributed by atoms with E-state index in [0.717, 1.165) is 11.5 Å². The van der Waals surface area contributed by atoms with Crippen molar-refractivity contribution in [1.29, 1.82) is 5.41 Å². The number of aromatic hydroxyl groups is 1. The van der Waals surface area contributed by atoms with Crippen molar-refractivity contribution in [3.8, 4) is 17.4 Å². The lowest BCUT2D eigenvalue weighted by molar-refractivity contribution is 0.198. The normalized spacial score (nSPS) is 11.7. The van der Waals surface area contributed by atoms with Crippen molar-refractivity contribution in [1.82, 2.24) is 9.69 Å². The molecule has 0 aliphatic rings. The van der Waals surface area contributed by atoms with Crippen molar-refractivity contribution in [2.45, 2.75) is 13.0 Å². The highest BCUT2D eigenvalue weighted by molar-refractivity contribution is 7.11. The molecule has 1 aromatic heterocycles. The van der Waals surface area contributed by atoms with E-state index in [4.69, 9.17) is 33.3 Å². The molecule has 10 heteroatoms. The van der Waals surface area contributed by atoms with Crippen LogP contribution in [0, 0.1) is 5.41 Å². The van der Waals surface area contributed by atoms with Gasteiger partial charge in [0, 0.05) is 23.3 Å². The number of aliphatic hydroxyl groups is 1. The first-order valence-electron chi connectivity index (χ1n) is 8.53. The molecule has 5 N–H and O–H groups in total. The molecule has 3 rings (SSSR count). The molecule has 0 radical (unpaired) electrons. The maximum Gasteiger partial charge on any atom is 0.236 e. The number of nitrogens with one attached hydrogen (secondary N) is 3. The summed E-state index contributed by atoms with van der Waals surface area (Å²) in [5.74, 6) is 0.733. The highest BCUT2D eigenvalue weighted by Crippen LogP contribution is 2.34. The van der Waals surface area contributed by atoms with Gasteiger partial charge < -0.3 is 25.6 Å². The number of nitrogens with zero attached hydrogens (tertiary/aromatic N) is 1. The number of halogens is 2. The maximum absolute atomic E-state index is 9.97. The van der Waals surface area contributed by atoms with Gasteiger partial charge in [-0.15, -0.1) is 0 Å². The molecule has 0 fully saturated rings. The monoisotopic (exact) mass is 452 g/mol. The molecule has 1 heterocycles. The Bertz CT molecular complexity index is 1010. The van der Waals surface area contributed by atoms with E-state index in [0.29, 0.717) is 32.2 Å². The van der Waals surface area contributed by atoms with Crippen LogP contribution in [0.15, 0.2) is 42.5 Å². The lowest BCUT2D eigenvalue weighted by Crippen LogP contribution is -2.30. The van der Waals surface area contributed by atoms with Crippen molar-refractivity contribution < 1.29 is 14.9 Å². The number of hydrogen-bond donors (Lipinski definition) is 5. The fourth-order valence-electron chi connectivity index (χ4n) is 2.35. The zero-order valence-electron chi connectivity index (χ0n) is 15.2. The highest BCUT2D eigenvalue weighted by Gasteiger charge is 2.18. The molecule has 0 aliphatic carbocycles. The fourth-order valence-corrected chi connectivity index (χ4v) is 3.39. The number of benzene rings is 2. The number of amidine groups is 1. The third-order valence-electron chi connectivity index (χ3n) is 3.73. The molecule has 0 saturated carbocycles. The van der Waals surface area contributed by atoms with Crippen LogP contribution in [0.2, 0.25) is 10.0 Å². The average molecular weight is 453 g/mol. The number of rotatable bonds is 7. The molecule has 152 valence electrons. The number of aliphatic hydroxyl groups excluding tert-OH is 1. The van der Waals surface area contributed by atoms with Crippen molar-refractivity contribution in [3.63, 3.8) is 0 Å². The van der Waals surface area contributed by atoms with Crippen molar-refractivity contribution in [2.24, 2.45) is 0 Å². The number of hydrogen-bond acceptors (Lipinski definition) is 7. The van der Waals surface area contributed by atoms with Gasteiger partial charge in [0.05, 0.1) is 11.1 Å². The summed E-state index contributed by atoms with van der Waals surface area (Å²) in [6.45, 7) is 1.79. The molecule has 0 spiro atoms. The van der Waals surface area contributed by atoms with Gasteiger partial charge in [-0.3, -0.25) is 5.41 Å². The van der Waals surface area contributed by atoms with E-state index in [1.807, 2.05) is 0 Å². The summed E-state index contributed by atoms with van der Waals surface area (Å²) in [5.41, 5.74) is 0.949. The summed E-state index contributed by atoms with van der Waals surface area (Å²) in [4.78, 5) is 0. The molecule has 3 aromatic rings. The topological polar surface area (TPSA) is 110 Å². The molecule has 0 unspecified atom stereocenters. The van der Waals surface area contributed by atoms with Crippen LogP contribution in [0.4, 0.5) is 10.7 Å². The van der Waals surface area contributed by atoms with E-state index in [9.17, 15) is 10.2 Å². The largest absolute Gasteiger partial charge is 0.492 e.